The van der Waals surface area contributed by atoms with Crippen molar-refractivity contribution < 1.29 is 4.74 Å². The van der Waals surface area contributed by atoms with E-state index in [1.165, 1.54) is 11.7 Å². The Hall–Kier alpha value is -0.910. The van der Waals surface area contributed by atoms with E-state index in [9.17, 15) is 0 Å². The molecule has 0 bridgehead atoms. The lowest BCUT2D eigenvalue weighted by Crippen LogP contribution is -2.26. The molecule has 1 aromatic heterocycles. The number of nitrogens with zero attached hydrogens (tertiary/aromatic N) is 2. The number of hydrogen-bond donors (Lipinski definition) is 1. The Morgan fingerprint density at radius 1 is 1.47 bits per heavy atom. The molecule has 2 atom stereocenters. The Balaban J connectivity index is 1.98. The van der Waals surface area contributed by atoms with Crippen LogP contribution in [0.4, 0.5) is 5.69 Å². The van der Waals surface area contributed by atoms with Crippen LogP contribution < -0.4 is 5.32 Å². The zero-order chi connectivity index (χ0) is 11.8. The summed E-state index contributed by atoms with van der Waals surface area (Å²) >= 11 is 7.42. The maximum absolute atomic E-state index is 6.22. The van der Waals surface area contributed by atoms with E-state index in [4.69, 9.17) is 16.3 Å². The van der Waals surface area contributed by atoms with Gasteiger partial charge in [-0.25, -0.2) is 0 Å². The minimum Gasteiger partial charge on any atom is -0.377 e. The van der Waals surface area contributed by atoms with Gasteiger partial charge in [-0.3, -0.25) is 0 Å². The molecule has 1 fully saturated rings. The second-order valence-electron chi connectivity index (χ2n) is 4.17. The van der Waals surface area contributed by atoms with Crippen molar-refractivity contribution in [2.45, 2.75) is 25.5 Å². The molecule has 17 heavy (non-hydrogen) atoms. The highest BCUT2D eigenvalue weighted by molar-refractivity contribution is 7.00. The highest BCUT2D eigenvalue weighted by Gasteiger charge is 2.25. The number of hydrogen-bond acceptors (Lipinski definition) is 5. The van der Waals surface area contributed by atoms with Crippen molar-refractivity contribution in [3.8, 4) is 0 Å². The molecule has 0 aliphatic carbocycles. The lowest BCUT2D eigenvalue weighted by atomic mass is 10.1. The smallest absolute Gasteiger partial charge is 0.129 e. The van der Waals surface area contributed by atoms with E-state index in [1.54, 1.807) is 0 Å². The van der Waals surface area contributed by atoms with Crippen LogP contribution >= 0.6 is 23.3 Å². The van der Waals surface area contributed by atoms with Gasteiger partial charge in [-0.05, 0) is 25.5 Å². The first-order valence-electron chi connectivity index (χ1n) is 5.54. The van der Waals surface area contributed by atoms with Gasteiger partial charge < -0.3 is 10.1 Å². The van der Waals surface area contributed by atoms with Gasteiger partial charge in [-0.15, -0.1) is 0 Å². The summed E-state index contributed by atoms with van der Waals surface area (Å²) in [5, 5.41) is 4.12. The largest absolute Gasteiger partial charge is 0.377 e. The second kappa shape index (κ2) is 4.40. The standard InChI is InChI=1S/C11H12ClN3OS/c1-6-8(4-5-16-6)13-10-7(12)2-3-9-11(10)15-17-14-9/h2-3,6,8,13H,4-5H2,1H3. The summed E-state index contributed by atoms with van der Waals surface area (Å²) in [6.45, 7) is 2.86. The zero-order valence-electron chi connectivity index (χ0n) is 9.31. The lowest BCUT2D eigenvalue weighted by Gasteiger charge is -2.18. The summed E-state index contributed by atoms with van der Waals surface area (Å²) in [4.78, 5) is 0. The van der Waals surface area contributed by atoms with E-state index in [0.29, 0.717) is 11.1 Å². The van der Waals surface area contributed by atoms with Crippen molar-refractivity contribution >= 4 is 40.0 Å². The maximum Gasteiger partial charge on any atom is 0.129 e. The predicted octanol–water partition coefficient (Wildman–Crippen LogP) is 2.93. The van der Waals surface area contributed by atoms with E-state index in [2.05, 4.69) is 21.0 Å². The molecule has 4 nitrogen and oxygen atoms in total. The molecule has 1 aliphatic rings. The van der Waals surface area contributed by atoms with Crippen LogP contribution in [0.1, 0.15) is 13.3 Å². The number of benzene rings is 1. The number of halogens is 1. The third-order valence-electron chi connectivity index (χ3n) is 3.08. The fourth-order valence-electron chi connectivity index (χ4n) is 2.07. The Bertz CT molecular complexity index is 544. The van der Waals surface area contributed by atoms with Gasteiger partial charge in [-0.2, -0.15) is 8.75 Å². The molecular weight excluding hydrogens is 258 g/mol. The van der Waals surface area contributed by atoms with Gasteiger partial charge in [-0.1, -0.05) is 11.6 Å². The van der Waals surface area contributed by atoms with Crippen molar-refractivity contribution in [2.75, 3.05) is 11.9 Å². The maximum atomic E-state index is 6.22. The molecule has 0 saturated carbocycles. The number of nitrogens with one attached hydrogen (secondary N) is 1. The molecule has 2 aromatic rings. The summed E-state index contributed by atoms with van der Waals surface area (Å²) < 4.78 is 14.0. The summed E-state index contributed by atoms with van der Waals surface area (Å²) in [6.07, 6.45) is 1.19. The van der Waals surface area contributed by atoms with Crippen LogP contribution in [0.15, 0.2) is 12.1 Å². The number of aromatic nitrogens is 2. The molecule has 0 amide bonds. The van der Waals surface area contributed by atoms with Crippen molar-refractivity contribution in [3.63, 3.8) is 0 Å². The van der Waals surface area contributed by atoms with Crippen molar-refractivity contribution in [2.24, 2.45) is 0 Å². The lowest BCUT2D eigenvalue weighted by molar-refractivity contribution is 0.121. The van der Waals surface area contributed by atoms with Gasteiger partial charge in [0.05, 0.1) is 34.6 Å². The normalized spacial score (nSPS) is 24.4. The first kappa shape index (κ1) is 11.2. The van der Waals surface area contributed by atoms with Crippen molar-refractivity contribution in [1.82, 2.24) is 8.75 Å². The minimum atomic E-state index is 0.202. The summed E-state index contributed by atoms with van der Waals surface area (Å²) in [5.74, 6) is 0. The Morgan fingerprint density at radius 2 is 2.35 bits per heavy atom. The van der Waals surface area contributed by atoms with Crippen LogP contribution in [0.3, 0.4) is 0 Å². The van der Waals surface area contributed by atoms with Gasteiger partial charge in [0, 0.05) is 6.61 Å². The van der Waals surface area contributed by atoms with Gasteiger partial charge in [0.1, 0.15) is 11.0 Å². The molecule has 1 aromatic carbocycles. The van der Waals surface area contributed by atoms with Crippen LogP contribution in [-0.2, 0) is 4.74 Å². The van der Waals surface area contributed by atoms with Crippen LogP contribution in [-0.4, -0.2) is 27.5 Å². The molecule has 6 heteroatoms. The van der Waals surface area contributed by atoms with Crippen LogP contribution in [0, 0.1) is 0 Å². The summed E-state index contributed by atoms with van der Waals surface area (Å²) in [6, 6.07) is 4.04. The topological polar surface area (TPSA) is 47.0 Å². The molecule has 1 N–H and O–H groups in total. The fraction of sp³-hybridized carbons (Fsp3) is 0.455. The summed E-state index contributed by atoms with van der Waals surface area (Å²) in [5.41, 5.74) is 2.61. The SMILES string of the molecule is CC1OCCC1Nc1c(Cl)ccc2nsnc12. The molecular formula is C11H12ClN3OS. The van der Waals surface area contributed by atoms with E-state index in [0.717, 1.165) is 29.7 Å². The molecule has 90 valence electrons. The third kappa shape index (κ3) is 1.99. The fourth-order valence-corrected chi connectivity index (χ4v) is 2.82. The van der Waals surface area contributed by atoms with Crippen molar-refractivity contribution in [3.05, 3.63) is 17.2 Å². The van der Waals surface area contributed by atoms with Gasteiger partial charge >= 0.3 is 0 Å². The quantitative estimate of drug-likeness (QED) is 0.911. The second-order valence-corrected chi connectivity index (χ2v) is 5.11. The van der Waals surface area contributed by atoms with E-state index in [-0.39, 0.29) is 6.10 Å². The first-order chi connectivity index (χ1) is 8.25. The van der Waals surface area contributed by atoms with Crippen LogP contribution in [0.2, 0.25) is 5.02 Å². The van der Waals surface area contributed by atoms with Crippen molar-refractivity contribution in [1.29, 1.82) is 0 Å². The Morgan fingerprint density at radius 3 is 3.12 bits per heavy atom. The minimum absolute atomic E-state index is 0.202. The van der Waals surface area contributed by atoms with E-state index in [1.807, 2.05) is 12.1 Å². The molecule has 0 spiro atoms. The average molecular weight is 270 g/mol. The molecule has 1 saturated heterocycles. The van der Waals surface area contributed by atoms with E-state index >= 15 is 0 Å². The molecule has 2 heterocycles. The monoisotopic (exact) mass is 269 g/mol. The van der Waals surface area contributed by atoms with Gasteiger partial charge in [0.15, 0.2) is 0 Å². The van der Waals surface area contributed by atoms with E-state index < -0.39 is 0 Å². The summed E-state index contributed by atoms with van der Waals surface area (Å²) in [7, 11) is 0. The van der Waals surface area contributed by atoms with Crippen LogP contribution in [0.5, 0.6) is 0 Å². The molecule has 3 rings (SSSR count). The zero-order valence-corrected chi connectivity index (χ0v) is 10.9. The van der Waals surface area contributed by atoms with Gasteiger partial charge in [0.25, 0.3) is 0 Å². The average Bonchev–Trinajstić information content (AvgIpc) is 2.92. The third-order valence-corrected chi connectivity index (χ3v) is 3.94. The predicted molar refractivity (Wildman–Crippen MR) is 69.9 cm³/mol. The number of rotatable bonds is 2. The first-order valence-corrected chi connectivity index (χ1v) is 6.65. The van der Waals surface area contributed by atoms with Gasteiger partial charge in [0.2, 0.25) is 0 Å². The molecule has 0 radical (unpaired) electrons. The highest BCUT2D eigenvalue weighted by Crippen LogP contribution is 2.32. The Kier molecular flexibility index (Phi) is 2.90. The number of anilines is 1. The molecule has 2 unspecified atom stereocenters. The number of fused-ring (bicyclic) bond motifs is 1. The highest BCUT2D eigenvalue weighted by atomic mass is 35.5. The van der Waals surface area contributed by atoms with Crippen LogP contribution in [0.25, 0.3) is 11.0 Å². The number of ether oxygens (including phenoxy) is 1. The Labute approximate surface area is 108 Å². The molecule has 1 aliphatic heterocycles.